The molecule has 2 aromatic rings. The number of tetrazole rings is 1. The Morgan fingerprint density at radius 1 is 1.26 bits per heavy atom. The molecule has 0 bridgehead atoms. The molecule has 0 aliphatic carbocycles. The van der Waals surface area contributed by atoms with Gasteiger partial charge in [0.25, 0.3) is 0 Å². The van der Waals surface area contributed by atoms with Crippen LogP contribution in [0.15, 0.2) is 18.2 Å². The number of anilines is 1. The minimum absolute atomic E-state index is 0.344. The Hall–Kier alpha value is -1.91. The average molecular weight is 259 g/mol. The van der Waals surface area contributed by atoms with E-state index in [0.717, 1.165) is 41.9 Å². The van der Waals surface area contributed by atoms with Gasteiger partial charge in [0.1, 0.15) is 0 Å². The van der Waals surface area contributed by atoms with Crippen LogP contribution in [-0.2, 0) is 0 Å². The number of nitrogens with zero attached hydrogens (tertiary/aromatic N) is 4. The zero-order chi connectivity index (χ0) is 13.8. The maximum Gasteiger partial charge on any atom is 0.182 e. The minimum Gasteiger partial charge on any atom is -0.399 e. The van der Waals surface area contributed by atoms with E-state index in [1.54, 1.807) is 0 Å². The van der Waals surface area contributed by atoms with Crippen LogP contribution in [-0.4, -0.2) is 20.2 Å². The molecule has 0 saturated heterocycles. The topological polar surface area (TPSA) is 69.6 Å². The lowest BCUT2D eigenvalue weighted by molar-refractivity contribution is 0.404. The molecule has 0 aliphatic rings. The van der Waals surface area contributed by atoms with E-state index < -0.39 is 0 Å². The maximum atomic E-state index is 5.91. The van der Waals surface area contributed by atoms with E-state index >= 15 is 0 Å². The Bertz CT molecular complexity index is 526. The third-order valence-corrected chi connectivity index (χ3v) is 3.29. The first-order chi connectivity index (χ1) is 9.15. The first-order valence-electron chi connectivity index (χ1n) is 6.81. The summed E-state index contributed by atoms with van der Waals surface area (Å²) in [4.78, 5) is 0. The van der Waals surface area contributed by atoms with Crippen LogP contribution in [0, 0.1) is 6.92 Å². The van der Waals surface area contributed by atoms with Crippen molar-refractivity contribution in [2.45, 2.75) is 46.1 Å². The van der Waals surface area contributed by atoms with Crippen LogP contribution in [0.25, 0.3) is 11.4 Å². The number of aromatic nitrogens is 4. The molecule has 5 nitrogen and oxygen atoms in total. The predicted octanol–water partition coefficient (Wildman–Crippen LogP) is 2.98. The summed E-state index contributed by atoms with van der Waals surface area (Å²) < 4.78 is 1.93. The van der Waals surface area contributed by atoms with Crippen LogP contribution in [0.3, 0.4) is 0 Å². The number of rotatable bonds is 5. The molecule has 0 saturated carbocycles. The molecule has 1 aromatic heterocycles. The summed E-state index contributed by atoms with van der Waals surface area (Å²) in [6.07, 6.45) is 3.22. The molecule has 0 amide bonds. The highest BCUT2D eigenvalue weighted by Gasteiger charge is 2.16. The molecule has 0 spiro atoms. The van der Waals surface area contributed by atoms with Crippen molar-refractivity contribution in [1.82, 2.24) is 20.2 Å². The fraction of sp³-hybridized carbons (Fsp3) is 0.500. The molecule has 19 heavy (non-hydrogen) atoms. The molecule has 1 unspecified atom stereocenters. The fourth-order valence-corrected chi connectivity index (χ4v) is 2.40. The van der Waals surface area contributed by atoms with Crippen LogP contribution >= 0.6 is 0 Å². The van der Waals surface area contributed by atoms with E-state index in [-0.39, 0.29) is 0 Å². The Morgan fingerprint density at radius 2 is 2.05 bits per heavy atom. The van der Waals surface area contributed by atoms with Crippen molar-refractivity contribution < 1.29 is 0 Å². The van der Waals surface area contributed by atoms with Gasteiger partial charge in [-0.25, -0.2) is 4.68 Å². The van der Waals surface area contributed by atoms with Crippen molar-refractivity contribution in [2.75, 3.05) is 5.73 Å². The van der Waals surface area contributed by atoms with Gasteiger partial charge in [-0.3, -0.25) is 0 Å². The second-order valence-electron chi connectivity index (χ2n) is 4.93. The van der Waals surface area contributed by atoms with Crippen molar-refractivity contribution in [3.05, 3.63) is 23.8 Å². The number of nitrogens with two attached hydrogens (primary N) is 1. The third kappa shape index (κ3) is 2.92. The van der Waals surface area contributed by atoms with Gasteiger partial charge in [-0.05, 0) is 54.0 Å². The van der Waals surface area contributed by atoms with Gasteiger partial charge in [0, 0.05) is 11.3 Å². The van der Waals surface area contributed by atoms with Crippen molar-refractivity contribution in [2.24, 2.45) is 0 Å². The summed E-state index contributed by atoms with van der Waals surface area (Å²) in [7, 11) is 0. The molecule has 0 fully saturated rings. The summed E-state index contributed by atoms with van der Waals surface area (Å²) >= 11 is 0. The maximum absolute atomic E-state index is 5.91. The number of aryl methyl sites for hydroxylation is 1. The van der Waals surface area contributed by atoms with Gasteiger partial charge in [-0.15, -0.1) is 5.10 Å². The van der Waals surface area contributed by atoms with Crippen LogP contribution in [0.5, 0.6) is 0 Å². The lowest BCUT2D eigenvalue weighted by Crippen LogP contribution is -2.11. The molecule has 2 rings (SSSR count). The zero-order valence-electron chi connectivity index (χ0n) is 11.8. The van der Waals surface area contributed by atoms with Crippen LogP contribution in [0.4, 0.5) is 5.69 Å². The van der Waals surface area contributed by atoms with E-state index in [4.69, 9.17) is 5.73 Å². The molecule has 2 N–H and O–H groups in total. The summed E-state index contributed by atoms with van der Waals surface area (Å²) in [5.74, 6) is 0.802. The number of hydrogen-bond donors (Lipinski definition) is 1. The van der Waals surface area contributed by atoms with E-state index in [1.807, 2.05) is 23.7 Å². The Kier molecular flexibility index (Phi) is 4.14. The van der Waals surface area contributed by atoms with Crippen LogP contribution < -0.4 is 5.73 Å². The molecule has 1 atom stereocenters. The molecular formula is C14H21N5. The third-order valence-electron chi connectivity index (χ3n) is 3.29. The fourth-order valence-electron chi connectivity index (χ4n) is 2.40. The number of nitrogen functional groups attached to an aromatic ring is 1. The summed E-state index contributed by atoms with van der Waals surface area (Å²) in [5, 5.41) is 12.2. The molecular weight excluding hydrogens is 238 g/mol. The lowest BCUT2D eigenvalue weighted by Gasteiger charge is -2.15. The quantitative estimate of drug-likeness (QED) is 0.838. The van der Waals surface area contributed by atoms with Crippen LogP contribution in [0.1, 0.15) is 44.7 Å². The summed E-state index contributed by atoms with van der Waals surface area (Å²) in [5.41, 5.74) is 8.75. The van der Waals surface area contributed by atoms with Crippen molar-refractivity contribution in [3.8, 4) is 11.4 Å². The van der Waals surface area contributed by atoms with Gasteiger partial charge in [-0.1, -0.05) is 20.3 Å². The largest absolute Gasteiger partial charge is 0.399 e. The van der Waals surface area contributed by atoms with E-state index in [9.17, 15) is 0 Å². The normalized spacial score (nSPS) is 12.6. The SMILES string of the molecule is CCCC(CC)n1nnnc1-c1cc(C)cc(N)c1. The Labute approximate surface area is 113 Å². The first-order valence-corrected chi connectivity index (χ1v) is 6.81. The first kappa shape index (κ1) is 13.5. The van der Waals surface area contributed by atoms with E-state index in [2.05, 4.69) is 35.4 Å². The molecule has 0 radical (unpaired) electrons. The Morgan fingerprint density at radius 3 is 2.68 bits per heavy atom. The van der Waals surface area contributed by atoms with Gasteiger partial charge < -0.3 is 5.73 Å². The highest BCUT2D eigenvalue weighted by atomic mass is 15.5. The highest BCUT2D eigenvalue weighted by Crippen LogP contribution is 2.26. The molecule has 5 heteroatoms. The second kappa shape index (κ2) is 5.82. The second-order valence-corrected chi connectivity index (χ2v) is 4.93. The molecule has 1 heterocycles. The predicted molar refractivity (Wildman–Crippen MR) is 76.6 cm³/mol. The molecule has 0 aliphatic heterocycles. The Balaban J connectivity index is 2.43. The highest BCUT2D eigenvalue weighted by molar-refractivity contribution is 5.62. The number of hydrogen-bond acceptors (Lipinski definition) is 4. The van der Waals surface area contributed by atoms with Gasteiger partial charge in [-0.2, -0.15) is 0 Å². The van der Waals surface area contributed by atoms with Gasteiger partial charge in [0.2, 0.25) is 0 Å². The number of benzene rings is 1. The standard InChI is InChI=1S/C14H21N5/c1-4-6-13(5-2)19-14(16-17-18-19)11-7-10(3)8-12(15)9-11/h7-9,13H,4-6,15H2,1-3H3. The average Bonchev–Trinajstić information content (AvgIpc) is 2.83. The van der Waals surface area contributed by atoms with Crippen molar-refractivity contribution in [3.63, 3.8) is 0 Å². The zero-order valence-corrected chi connectivity index (χ0v) is 11.8. The van der Waals surface area contributed by atoms with Crippen LogP contribution in [0.2, 0.25) is 0 Å². The van der Waals surface area contributed by atoms with Gasteiger partial charge in [0.05, 0.1) is 6.04 Å². The monoisotopic (exact) mass is 259 g/mol. The molecule has 1 aromatic carbocycles. The minimum atomic E-state index is 0.344. The van der Waals surface area contributed by atoms with Crippen molar-refractivity contribution >= 4 is 5.69 Å². The van der Waals surface area contributed by atoms with Gasteiger partial charge >= 0.3 is 0 Å². The molecule has 102 valence electrons. The summed E-state index contributed by atoms with van der Waals surface area (Å²) in [6, 6.07) is 6.28. The van der Waals surface area contributed by atoms with E-state index in [0.29, 0.717) is 6.04 Å². The van der Waals surface area contributed by atoms with Gasteiger partial charge in [0.15, 0.2) is 5.82 Å². The van der Waals surface area contributed by atoms with E-state index in [1.165, 1.54) is 0 Å². The summed E-state index contributed by atoms with van der Waals surface area (Å²) in [6.45, 7) is 6.37. The van der Waals surface area contributed by atoms with Crippen molar-refractivity contribution in [1.29, 1.82) is 0 Å². The smallest absolute Gasteiger partial charge is 0.182 e. The lowest BCUT2D eigenvalue weighted by atomic mass is 10.1.